The quantitative estimate of drug-likeness (QED) is 0.586. The van der Waals surface area contributed by atoms with Crippen LogP contribution in [0.3, 0.4) is 0 Å². The molecule has 0 saturated carbocycles. The minimum atomic E-state index is 0.163. The predicted octanol–water partition coefficient (Wildman–Crippen LogP) is 1.59. The van der Waals surface area contributed by atoms with Gasteiger partial charge in [0.15, 0.2) is 5.96 Å². The Morgan fingerprint density at radius 3 is 2.81 bits per heavy atom. The average Bonchev–Trinajstić information content (AvgIpc) is 2.66. The minimum absolute atomic E-state index is 0.163. The highest BCUT2D eigenvalue weighted by Crippen LogP contribution is 2.16. The van der Waals surface area contributed by atoms with Crippen molar-refractivity contribution in [2.45, 2.75) is 25.5 Å². The van der Waals surface area contributed by atoms with Crippen LogP contribution in [0, 0.1) is 0 Å². The van der Waals surface area contributed by atoms with Crippen LogP contribution < -0.4 is 11.1 Å². The third-order valence-corrected chi connectivity index (χ3v) is 2.69. The molecule has 0 radical (unpaired) electrons. The Kier molecular flexibility index (Phi) is 3.41. The van der Waals surface area contributed by atoms with Crippen LogP contribution in [0.5, 0.6) is 0 Å². The van der Waals surface area contributed by atoms with Gasteiger partial charge in [0.2, 0.25) is 0 Å². The zero-order valence-corrected chi connectivity index (χ0v) is 9.39. The summed E-state index contributed by atoms with van der Waals surface area (Å²) < 4.78 is 5.43. The van der Waals surface area contributed by atoms with Crippen molar-refractivity contribution >= 4 is 11.6 Å². The molecule has 2 unspecified atom stereocenters. The van der Waals surface area contributed by atoms with Crippen molar-refractivity contribution in [3.63, 3.8) is 0 Å². The lowest BCUT2D eigenvalue weighted by atomic mass is 10.2. The number of hydrogen-bond acceptors (Lipinski definition) is 2. The molecule has 1 aromatic carbocycles. The van der Waals surface area contributed by atoms with Crippen LogP contribution >= 0.6 is 0 Å². The summed E-state index contributed by atoms with van der Waals surface area (Å²) in [5.41, 5.74) is 6.79. The van der Waals surface area contributed by atoms with Crippen LogP contribution in [0.25, 0.3) is 0 Å². The highest BCUT2D eigenvalue weighted by Gasteiger charge is 2.23. The van der Waals surface area contributed by atoms with Gasteiger partial charge in [-0.05, 0) is 25.5 Å². The first kappa shape index (κ1) is 11.0. The van der Waals surface area contributed by atoms with E-state index in [1.807, 2.05) is 37.3 Å². The van der Waals surface area contributed by atoms with E-state index in [0.29, 0.717) is 5.96 Å². The van der Waals surface area contributed by atoms with Gasteiger partial charge in [0.05, 0.1) is 12.1 Å². The van der Waals surface area contributed by atoms with E-state index >= 15 is 0 Å². The van der Waals surface area contributed by atoms with E-state index in [-0.39, 0.29) is 12.1 Å². The summed E-state index contributed by atoms with van der Waals surface area (Å²) in [7, 11) is 0. The number of benzene rings is 1. The molecule has 4 heteroatoms. The molecule has 1 fully saturated rings. The van der Waals surface area contributed by atoms with Gasteiger partial charge in [-0.25, -0.2) is 4.99 Å². The second kappa shape index (κ2) is 4.99. The first-order valence-corrected chi connectivity index (χ1v) is 5.52. The Hall–Kier alpha value is -1.55. The Balaban J connectivity index is 1.97. The summed E-state index contributed by atoms with van der Waals surface area (Å²) in [5, 5.41) is 3.06. The van der Waals surface area contributed by atoms with Crippen LogP contribution in [-0.4, -0.2) is 24.7 Å². The molecule has 4 nitrogen and oxygen atoms in total. The van der Waals surface area contributed by atoms with Gasteiger partial charge in [-0.1, -0.05) is 18.2 Å². The Labute approximate surface area is 95.5 Å². The van der Waals surface area contributed by atoms with Crippen molar-refractivity contribution in [2.75, 3.05) is 11.9 Å². The third kappa shape index (κ3) is 2.73. The monoisotopic (exact) mass is 219 g/mol. The summed E-state index contributed by atoms with van der Waals surface area (Å²) >= 11 is 0. The van der Waals surface area contributed by atoms with Crippen LogP contribution in [0.2, 0.25) is 0 Å². The lowest BCUT2D eigenvalue weighted by molar-refractivity contribution is 0.119. The molecule has 0 bridgehead atoms. The largest absolute Gasteiger partial charge is 0.376 e. The first-order valence-electron chi connectivity index (χ1n) is 5.52. The van der Waals surface area contributed by atoms with Gasteiger partial charge in [-0.3, -0.25) is 0 Å². The lowest BCUT2D eigenvalue weighted by Gasteiger charge is -2.11. The van der Waals surface area contributed by atoms with Crippen molar-refractivity contribution in [2.24, 2.45) is 10.7 Å². The van der Waals surface area contributed by atoms with Gasteiger partial charge in [-0.2, -0.15) is 0 Å². The fraction of sp³-hybridized carbons (Fsp3) is 0.417. The number of nitrogens with zero attached hydrogens (tertiary/aromatic N) is 1. The van der Waals surface area contributed by atoms with Crippen molar-refractivity contribution in [3.8, 4) is 0 Å². The smallest absolute Gasteiger partial charge is 0.193 e. The molecule has 16 heavy (non-hydrogen) atoms. The molecular formula is C12H17N3O. The van der Waals surface area contributed by atoms with Crippen molar-refractivity contribution in [1.29, 1.82) is 0 Å². The second-order valence-electron chi connectivity index (χ2n) is 3.94. The van der Waals surface area contributed by atoms with Gasteiger partial charge in [0, 0.05) is 12.3 Å². The minimum Gasteiger partial charge on any atom is -0.376 e. The molecular weight excluding hydrogens is 202 g/mol. The topological polar surface area (TPSA) is 59.6 Å². The second-order valence-corrected chi connectivity index (χ2v) is 3.94. The summed E-state index contributed by atoms with van der Waals surface area (Å²) in [6.07, 6.45) is 1.11. The Bertz CT molecular complexity index is 364. The molecule has 2 atom stereocenters. The number of guanidine groups is 1. The number of rotatable bonds is 2. The fourth-order valence-electron chi connectivity index (χ4n) is 1.77. The Morgan fingerprint density at radius 1 is 1.44 bits per heavy atom. The number of ether oxygens (including phenoxy) is 1. The number of nitrogens with two attached hydrogens (primary N) is 1. The number of nitrogens with one attached hydrogen (secondary N) is 1. The van der Waals surface area contributed by atoms with Gasteiger partial charge >= 0.3 is 0 Å². The molecule has 1 saturated heterocycles. The molecule has 0 aromatic heterocycles. The van der Waals surface area contributed by atoms with E-state index in [1.54, 1.807) is 0 Å². The number of hydrogen-bond donors (Lipinski definition) is 2. The van der Waals surface area contributed by atoms with E-state index in [1.165, 1.54) is 0 Å². The van der Waals surface area contributed by atoms with E-state index in [4.69, 9.17) is 10.5 Å². The molecule has 86 valence electrons. The summed E-state index contributed by atoms with van der Waals surface area (Å²) in [6, 6.07) is 9.96. The maximum atomic E-state index is 5.83. The highest BCUT2D eigenvalue weighted by molar-refractivity contribution is 5.92. The van der Waals surface area contributed by atoms with Crippen molar-refractivity contribution in [3.05, 3.63) is 30.3 Å². The SMILES string of the molecule is CC1OCCC1N=C(N)Nc1ccccc1. The summed E-state index contributed by atoms with van der Waals surface area (Å²) in [4.78, 5) is 4.41. The molecule has 1 aromatic rings. The fourth-order valence-corrected chi connectivity index (χ4v) is 1.77. The zero-order valence-electron chi connectivity index (χ0n) is 9.39. The molecule has 2 rings (SSSR count). The molecule has 1 heterocycles. The van der Waals surface area contributed by atoms with Crippen LogP contribution in [0.1, 0.15) is 13.3 Å². The molecule has 0 spiro atoms. The molecule has 1 aliphatic heterocycles. The van der Waals surface area contributed by atoms with Gasteiger partial charge in [0.1, 0.15) is 0 Å². The third-order valence-electron chi connectivity index (χ3n) is 2.69. The van der Waals surface area contributed by atoms with Crippen LogP contribution in [0.15, 0.2) is 35.3 Å². The maximum absolute atomic E-state index is 5.83. The molecule has 3 N–H and O–H groups in total. The molecule has 1 aliphatic rings. The maximum Gasteiger partial charge on any atom is 0.193 e. The molecule has 0 amide bonds. The van der Waals surface area contributed by atoms with Gasteiger partial charge in [-0.15, -0.1) is 0 Å². The van der Waals surface area contributed by atoms with E-state index in [9.17, 15) is 0 Å². The average molecular weight is 219 g/mol. The number of aliphatic imine (C=N–C) groups is 1. The number of para-hydroxylation sites is 1. The van der Waals surface area contributed by atoms with E-state index < -0.39 is 0 Å². The summed E-state index contributed by atoms with van der Waals surface area (Å²) in [6.45, 7) is 2.80. The normalized spacial score (nSPS) is 25.7. The number of anilines is 1. The first-order chi connectivity index (χ1) is 7.75. The Morgan fingerprint density at radius 2 is 2.19 bits per heavy atom. The van der Waals surface area contributed by atoms with Crippen LogP contribution in [-0.2, 0) is 4.74 Å². The standard InChI is InChI=1S/C12H17N3O/c1-9-11(7-8-16-9)15-12(13)14-10-5-3-2-4-6-10/h2-6,9,11H,7-8H2,1H3,(H3,13,14,15). The van der Waals surface area contributed by atoms with Crippen LogP contribution in [0.4, 0.5) is 5.69 Å². The highest BCUT2D eigenvalue weighted by atomic mass is 16.5. The molecule has 0 aliphatic carbocycles. The van der Waals surface area contributed by atoms with Crippen molar-refractivity contribution < 1.29 is 4.74 Å². The summed E-state index contributed by atoms with van der Waals surface area (Å²) in [5.74, 6) is 0.452. The van der Waals surface area contributed by atoms with Gasteiger partial charge < -0.3 is 15.8 Å². The predicted molar refractivity (Wildman–Crippen MR) is 65.5 cm³/mol. The van der Waals surface area contributed by atoms with Crippen molar-refractivity contribution in [1.82, 2.24) is 0 Å². The van der Waals surface area contributed by atoms with E-state index in [0.717, 1.165) is 18.7 Å². The zero-order chi connectivity index (χ0) is 11.4. The van der Waals surface area contributed by atoms with E-state index in [2.05, 4.69) is 10.3 Å². The lowest BCUT2D eigenvalue weighted by Crippen LogP contribution is -2.27. The van der Waals surface area contributed by atoms with Gasteiger partial charge in [0.25, 0.3) is 0 Å².